The third kappa shape index (κ3) is 3.46. The average molecular weight is 289 g/mol. The van der Waals surface area contributed by atoms with Crippen molar-refractivity contribution in [1.29, 1.82) is 0 Å². The first-order chi connectivity index (χ1) is 9.38. The molecule has 0 aromatic heterocycles. The summed E-state index contributed by atoms with van der Waals surface area (Å²) in [5.74, 6) is 0. The summed E-state index contributed by atoms with van der Waals surface area (Å²) in [6.45, 7) is 5.78. The highest BCUT2D eigenvalue weighted by atomic mass is 32.2. The van der Waals surface area contributed by atoms with Crippen molar-refractivity contribution in [1.82, 2.24) is 4.72 Å². The van der Waals surface area contributed by atoms with Gasteiger partial charge in [0.2, 0.25) is 10.0 Å². The van der Waals surface area contributed by atoms with Gasteiger partial charge in [-0.3, -0.25) is 0 Å². The van der Waals surface area contributed by atoms with Crippen LogP contribution in [0.1, 0.15) is 29.7 Å². The molecule has 3 nitrogen and oxygen atoms in total. The van der Waals surface area contributed by atoms with Crippen molar-refractivity contribution in [3.05, 3.63) is 65.2 Å². The van der Waals surface area contributed by atoms with Crippen LogP contribution in [0, 0.1) is 13.8 Å². The largest absolute Gasteiger partial charge is 0.241 e. The Labute approximate surface area is 120 Å². The van der Waals surface area contributed by atoms with Crippen molar-refractivity contribution in [2.75, 3.05) is 0 Å². The van der Waals surface area contributed by atoms with E-state index in [9.17, 15) is 8.42 Å². The minimum absolute atomic E-state index is 0.262. The molecule has 0 aliphatic rings. The van der Waals surface area contributed by atoms with Gasteiger partial charge in [0.05, 0.1) is 4.90 Å². The second-order valence-electron chi connectivity index (χ2n) is 5.07. The van der Waals surface area contributed by atoms with Gasteiger partial charge in [0.1, 0.15) is 0 Å². The fourth-order valence-corrected chi connectivity index (χ4v) is 3.17. The molecule has 1 N–H and O–H groups in total. The van der Waals surface area contributed by atoms with Gasteiger partial charge in [-0.2, -0.15) is 0 Å². The molecular weight excluding hydrogens is 270 g/mol. The first-order valence-electron chi connectivity index (χ1n) is 6.54. The zero-order valence-corrected chi connectivity index (χ0v) is 12.7. The molecular formula is C16H19NO2S. The van der Waals surface area contributed by atoms with Crippen LogP contribution in [0.2, 0.25) is 0 Å². The van der Waals surface area contributed by atoms with Crippen LogP contribution in [0.5, 0.6) is 0 Å². The second-order valence-corrected chi connectivity index (χ2v) is 6.78. The number of hydrogen-bond acceptors (Lipinski definition) is 2. The summed E-state index contributed by atoms with van der Waals surface area (Å²) in [5, 5.41) is 0. The first kappa shape index (κ1) is 14.8. The van der Waals surface area contributed by atoms with E-state index in [0.717, 1.165) is 16.7 Å². The van der Waals surface area contributed by atoms with E-state index in [1.54, 1.807) is 24.3 Å². The summed E-state index contributed by atoms with van der Waals surface area (Å²) in [5.41, 5.74) is 3.14. The molecule has 20 heavy (non-hydrogen) atoms. The van der Waals surface area contributed by atoms with Crippen LogP contribution in [-0.2, 0) is 10.0 Å². The highest BCUT2D eigenvalue weighted by Crippen LogP contribution is 2.17. The standard InChI is InChI=1S/C16H19NO2S/c1-12-4-8-15(9-5-12)14(3)17-20(18,19)16-10-6-13(2)7-11-16/h4-11,14,17H,1-3H3/t14-/m0/s1. The maximum absolute atomic E-state index is 12.3. The Bertz CT molecular complexity index is 673. The summed E-state index contributed by atoms with van der Waals surface area (Å²) in [6, 6.07) is 14.4. The van der Waals surface area contributed by atoms with E-state index in [-0.39, 0.29) is 6.04 Å². The zero-order valence-electron chi connectivity index (χ0n) is 11.9. The third-order valence-corrected chi connectivity index (χ3v) is 4.80. The van der Waals surface area contributed by atoms with Crippen molar-refractivity contribution < 1.29 is 8.42 Å². The van der Waals surface area contributed by atoms with E-state index < -0.39 is 10.0 Å². The molecule has 0 unspecified atom stereocenters. The summed E-state index contributed by atoms with van der Waals surface area (Å²) < 4.78 is 27.3. The van der Waals surface area contributed by atoms with Crippen LogP contribution in [0.25, 0.3) is 0 Å². The van der Waals surface area contributed by atoms with Crippen LogP contribution in [0.3, 0.4) is 0 Å². The molecule has 4 heteroatoms. The van der Waals surface area contributed by atoms with Gasteiger partial charge in [0.15, 0.2) is 0 Å². The van der Waals surface area contributed by atoms with Gasteiger partial charge in [-0.15, -0.1) is 0 Å². The molecule has 0 heterocycles. The molecule has 0 aliphatic heterocycles. The lowest BCUT2D eigenvalue weighted by Crippen LogP contribution is -2.26. The minimum atomic E-state index is -3.48. The molecule has 0 bridgehead atoms. The first-order valence-corrected chi connectivity index (χ1v) is 8.02. The van der Waals surface area contributed by atoms with Gasteiger partial charge in [0.25, 0.3) is 0 Å². The van der Waals surface area contributed by atoms with Crippen LogP contribution in [-0.4, -0.2) is 8.42 Å². The number of sulfonamides is 1. The van der Waals surface area contributed by atoms with E-state index in [1.807, 2.05) is 45.0 Å². The fourth-order valence-electron chi connectivity index (χ4n) is 1.94. The maximum atomic E-state index is 12.3. The Morgan fingerprint density at radius 1 is 0.850 bits per heavy atom. The molecule has 1 atom stereocenters. The zero-order chi connectivity index (χ0) is 14.8. The maximum Gasteiger partial charge on any atom is 0.241 e. The highest BCUT2D eigenvalue weighted by Gasteiger charge is 2.17. The molecule has 0 amide bonds. The molecule has 106 valence electrons. The Hall–Kier alpha value is -1.65. The lowest BCUT2D eigenvalue weighted by atomic mass is 10.1. The Kier molecular flexibility index (Phi) is 4.26. The van der Waals surface area contributed by atoms with Gasteiger partial charge < -0.3 is 0 Å². The summed E-state index contributed by atoms with van der Waals surface area (Å²) in [4.78, 5) is 0.294. The smallest absolute Gasteiger partial charge is 0.207 e. The van der Waals surface area contributed by atoms with Crippen molar-refractivity contribution in [2.45, 2.75) is 31.7 Å². The number of hydrogen-bond donors (Lipinski definition) is 1. The van der Waals surface area contributed by atoms with Crippen molar-refractivity contribution in [2.24, 2.45) is 0 Å². The number of nitrogens with one attached hydrogen (secondary N) is 1. The lowest BCUT2D eigenvalue weighted by Gasteiger charge is -2.15. The quantitative estimate of drug-likeness (QED) is 0.938. The average Bonchev–Trinajstić information content (AvgIpc) is 2.39. The van der Waals surface area contributed by atoms with Crippen LogP contribution < -0.4 is 4.72 Å². The topological polar surface area (TPSA) is 46.2 Å². The van der Waals surface area contributed by atoms with Crippen LogP contribution in [0.15, 0.2) is 53.4 Å². The van der Waals surface area contributed by atoms with E-state index in [4.69, 9.17) is 0 Å². The van der Waals surface area contributed by atoms with Gasteiger partial charge in [-0.1, -0.05) is 47.5 Å². The van der Waals surface area contributed by atoms with Crippen molar-refractivity contribution in [3.63, 3.8) is 0 Å². The van der Waals surface area contributed by atoms with Crippen LogP contribution >= 0.6 is 0 Å². The second kappa shape index (κ2) is 5.77. The van der Waals surface area contributed by atoms with E-state index in [2.05, 4.69) is 4.72 Å². The molecule has 0 saturated heterocycles. The number of benzene rings is 2. The monoisotopic (exact) mass is 289 g/mol. The van der Waals surface area contributed by atoms with Gasteiger partial charge in [0, 0.05) is 6.04 Å². The number of rotatable bonds is 4. The van der Waals surface area contributed by atoms with Crippen molar-refractivity contribution >= 4 is 10.0 Å². The molecule has 0 aliphatic carbocycles. The Morgan fingerprint density at radius 2 is 1.30 bits per heavy atom. The lowest BCUT2D eigenvalue weighted by molar-refractivity contribution is 0.567. The summed E-state index contributed by atoms with van der Waals surface area (Å²) in [6.07, 6.45) is 0. The van der Waals surface area contributed by atoms with Gasteiger partial charge in [-0.25, -0.2) is 13.1 Å². The van der Waals surface area contributed by atoms with Crippen LogP contribution in [0.4, 0.5) is 0 Å². The molecule has 0 spiro atoms. The predicted molar refractivity (Wildman–Crippen MR) is 81.1 cm³/mol. The Morgan fingerprint density at radius 3 is 1.80 bits per heavy atom. The summed E-state index contributed by atoms with van der Waals surface area (Å²) in [7, 11) is -3.48. The Balaban J connectivity index is 2.19. The SMILES string of the molecule is Cc1ccc([C@H](C)NS(=O)(=O)c2ccc(C)cc2)cc1. The summed E-state index contributed by atoms with van der Waals surface area (Å²) >= 11 is 0. The van der Waals surface area contributed by atoms with E-state index in [1.165, 1.54) is 0 Å². The predicted octanol–water partition coefficient (Wildman–Crippen LogP) is 3.34. The molecule has 2 aromatic carbocycles. The molecule has 0 fully saturated rings. The van der Waals surface area contributed by atoms with Gasteiger partial charge >= 0.3 is 0 Å². The fraction of sp³-hybridized carbons (Fsp3) is 0.250. The molecule has 2 aromatic rings. The minimum Gasteiger partial charge on any atom is -0.207 e. The third-order valence-electron chi connectivity index (χ3n) is 3.24. The molecule has 0 saturated carbocycles. The highest BCUT2D eigenvalue weighted by molar-refractivity contribution is 7.89. The van der Waals surface area contributed by atoms with Gasteiger partial charge in [-0.05, 0) is 38.5 Å². The molecule has 2 rings (SSSR count). The van der Waals surface area contributed by atoms with Crippen molar-refractivity contribution in [3.8, 4) is 0 Å². The normalized spacial score (nSPS) is 13.2. The number of aryl methyl sites for hydroxylation is 2. The van der Waals surface area contributed by atoms with E-state index in [0.29, 0.717) is 4.90 Å². The van der Waals surface area contributed by atoms with E-state index >= 15 is 0 Å². The molecule has 0 radical (unpaired) electrons.